The molecule has 1 aliphatic carbocycles. The molecule has 1 amide bonds. The maximum absolute atomic E-state index is 12.9. The van der Waals surface area contributed by atoms with Gasteiger partial charge in [0.25, 0.3) is 0 Å². The first-order chi connectivity index (χ1) is 18.6. The van der Waals surface area contributed by atoms with Crippen molar-refractivity contribution < 1.29 is 14.3 Å². The molecule has 5 rings (SSSR count). The molecule has 0 spiro atoms. The topological polar surface area (TPSA) is 86.1 Å². The number of hydrogen-bond donors (Lipinski definition) is 1. The summed E-state index contributed by atoms with van der Waals surface area (Å²) in [6.45, 7) is 2.09. The number of nitrogens with zero attached hydrogens (tertiary/aromatic N) is 3. The minimum Gasteiger partial charge on any atom is -0.462 e. The molecule has 10 heteroatoms. The highest BCUT2D eigenvalue weighted by molar-refractivity contribution is 7.99. The fraction of sp³-hybridized carbons (Fsp3) is 0.286. The molecule has 2 aromatic carbocycles. The third kappa shape index (κ3) is 5.65. The van der Waals surface area contributed by atoms with Crippen molar-refractivity contribution in [2.75, 3.05) is 17.7 Å². The van der Waals surface area contributed by atoms with Crippen molar-refractivity contribution in [1.82, 2.24) is 14.8 Å². The average molecular weight is 567 g/mol. The standard InChI is InChI=1S/C28H27ClN4O3S2/c1-2-36-27(35)24-20-13-7-9-15-22(20)38-26(24)30-23(34)16-17-37-28-32-31-25(19-12-6-8-14-21(19)29)33(28)18-10-4-3-5-11-18/h3-6,8,10-12,14H,2,7,9,13,15-17H2,1H3,(H,30,34). The number of aryl methyl sites for hydroxylation is 1. The summed E-state index contributed by atoms with van der Waals surface area (Å²) >= 11 is 9.41. The number of fused-ring (bicyclic) bond motifs is 1. The SMILES string of the molecule is CCOC(=O)c1c(NC(=O)CCSc2nnc(-c3ccccc3Cl)n2-c2ccccc2)sc2c1CCCC2. The minimum atomic E-state index is -0.361. The number of carbonyl (C=O) groups is 2. The first-order valence-electron chi connectivity index (χ1n) is 12.6. The van der Waals surface area contributed by atoms with Crippen molar-refractivity contribution in [3.05, 3.63) is 75.6 Å². The molecule has 2 aromatic heterocycles. The van der Waals surface area contributed by atoms with Gasteiger partial charge in [0.15, 0.2) is 11.0 Å². The number of amides is 1. The van der Waals surface area contributed by atoms with Gasteiger partial charge in [0, 0.05) is 28.3 Å². The molecule has 196 valence electrons. The second kappa shape index (κ2) is 12.1. The maximum Gasteiger partial charge on any atom is 0.341 e. The highest BCUT2D eigenvalue weighted by Gasteiger charge is 2.27. The van der Waals surface area contributed by atoms with Gasteiger partial charge in [-0.3, -0.25) is 9.36 Å². The Labute approximate surface area is 234 Å². The number of aromatic nitrogens is 3. The van der Waals surface area contributed by atoms with E-state index >= 15 is 0 Å². The fourth-order valence-corrected chi connectivity index (χ4v) is 6.89. The van der Waals surface area contributed by atoms with Crippen LogP contribution in [0.1, 0.15) is 47.0 Å². The second-order valence-corrected chi connectivity index (χ2v) is 11.3. The van der Waals surface area contributed by atoms with Gasteiger partial charge in [-0.15, -0.1) is 21.5 Å². The van der Waals surface area contributed by atoms with E-state index in [1.807, 2.05) is 59.2 Å². The van der Waals surface area contributed by atoms with E-state index in [2.05, 4.69) is 15.5 Å². The molecule has 0 bridgehead atoms. The van der Waals surface area contributed by atoms with Crippen LogP contribution < -0.4 is 5.32 Å². The third-order valence-corrected chi connectivity index (χ3v) is 8.69. The molecule has 0 fully saturated rings. The first-order valence-corrected chi connectivity index (χ1v) is 14.7. The maximum atomic E-state index is 12.9. The number of rotatable bonds is 9. The Morgan fingerprint density at radius 2 is 1.84 bits per heavy atom. The van der Waals surface area contributed by atoms with Gasteiger partial charge in [0.2, 0.25) is 5.91 Å². The van der Waals surface area contributed by atoms with Crippen LogP contribution in [-0.2, 0) is 22.4 Å². The van der Waals surface area contributed by atoms with Crippen molar-refractivity contribution in [2.45, 2.75) is 44.2 Å². The summed E-state index contributed by atoms with van der Waals surface area (Å²) in [7, 11) is 0. The van der Waals surface area contributed by atoms with Crippen LogP contribution in [0.3, 0.4) is 0 Å². The van der Waals surface area contributed by atoms with Crippen molar-refractivity contribution in [3.63, 3.8) is 0 Å². The lowest BCUT2D eigenvalue weighted by atomic mass is 9.95. The minimum absolute atomic E-state index is 0.154. The summed E-state index contributed by atoms with van der Waals surface area (Å²) in [6, 6.07) is 17.3. The Morgan fingerprint density at radius 3 is 2.63 bits per heavy atom. The summed E-state index contributed by atoms with van der Waals surface area (Å²) in [5.41, 5.74) is 3.25. The lowest BCUT2D eigenvalue weighted by Gasteiger charge is -2.12. The third-order valence-electron chi connectivity index (χ3n) is 6.23. The van der Waals surface area contributed by atoms with E-state index in [4.69, 9.17) is 16.3 Å². The largest absolute Gasteiger partial charge is 0.462 e. The number of esters is 1. The van der Waals surface area contributed by atoms with Crippen LogP contribution in [0.5, 0.6) is 0 Å². The molecule has 0 atom stereocenters. The molecule has 0 aliphatic heterocycles. The summed E-state index contributed by atoms with van der Waals surface area (Å²) < 4.78 is 7.26. The number of nitrogens with one attached hydrogen (secondary N) is 1. The van der Waals surface area contributed by atoms with Gasteiger partial charge in [-0.05, 0) is 62.4 Å². The van der Waals surface area contributed by atoms with Gasteiger partial charge in [-0.25, -0.2) is 4.79 Å². The Balaban J connectivity index is 1.32. The Morgan fingerprint density at radius 1 is 1.08 bits per heavy atom. The van der Waals surface area contributed by atoms with Crippen LogP contribution >= 0.6 is 34.7 Å². The van der Waals surface area contributed by atoms with Gasteiger partial charge < -0.3 is 10.1 Å². The zero-order chi connectivity index (χ0) is 26.5. The second-order valence-electron chi connectivity index (χ2n) is 8.74. The zero-order valence-corrected chi connectivity index (χ0v) is 23.3. The number of para-hydroxylation sites is 1. The molecule has 0 unspecified atom stereocenters. The molecule has 0 radical (unpaired) electrons. The van der Waals surface area contributed by atoms with Gasteiger partial charge in [0.05, 0.1) is 17.2 Å². The van der Waals surface area contributed by atoms with Crippen molar-refractivity contribution in [2.24, 2.45) is 0 Å². The lowest BCUT2D eigenvalue weighted by Crippen LogP contribution is -2.16. The van der Waals surface area contributed by atoms with Gasteiger partial charge in [0.1, 0.15) is 5.00 Å². The number of thiophene rings is 1. The highest BCUT2D eigenvalue weighted by Crippen LogP contribution is 2.39. The summed E-state index contributed by atoms with van der Waals surface area (Å²) in [5, 5.41) is 13.7. The Hall–Kier alpha value is -3.14. The van der Waals surface area contributed by atoms with E-state index in [9.17, 15) is 9.59 Å². The van der Waals surface area contributed by atoms with Gasteiger partial charge in [-0.2, -0.15) is 0 Å². The number of thioether (sulfide) groups is 1. The van der Waals surface area contributed by atoms with E-state index in [1.54, 1.807) is 6.92 Å². The molecular weight excluding hydrogens is 540 g/mol. The van der Waals surface area contributed by atoms with Crippen LogP contribution in [0.15, 0.2) is 59.8 Å². The number of benzene rings is 2. The lowest BCUT2D eigenvalue weighted by molar-refractivity contribution is -0.115. The predicted octanol–water partition coefficient (Wildman–Crippen LogP) is 6.83. The van der Waals surface area contributed by atoms with Crippen LogP contribution in [0.25, 0.3) is 17.1 Å². The molecule has 2 heterocycles. The van der Waals surface area contributed by atoms with Crippen molar-refractivity contribution in [1.29, 1.82) is 0 Å². The van der Waals surface area contributed by atoms with Crippen LogP contribution in [-0.4, -0.2) is 39.0 Å². The monoisotopic (exact) mass is 566 g/mol. The number of carbonyl (C=O) groups excluding carboxylic acids is 2. The van der Waals surface area contributed by atoms with E-state index < -0.39 is 0 Å². The number of halogens is 1. The molecule has 1 N–H and O–H groups in total. The number of hydrogen-bond acceptors (Lipinski definition) is 7. The molecule has 0 saturated carbocycles. The van der Waals surface area contributed by atoms with Crippen LogP contribution in [0.4, 0.5) is 5.00 Å². The smallest absolute Gasteiger partial charge is 0.341 e. The van der Waals surface area contributed by atoms with Gasteiger partial charge >= 0.3 is 5.97 Å². The quantitative estimate of drug-likeness (QED) is 0.177. The van der Waals surface area contributed by atoms with Crippen LogP contribution in [0, 0.1) is 0 Å². The molecule has 0 saturated heterocycles. The number of anilines is 1. The van der Waals surface area contributed by atoms with E-state index in [0.717, 1.165) is 42.5 Å². The predicted molar refractivity (Wildman–Crippen MR) is 153 cm³/mol. The molecule has 7 nitrogen and oxygen atoms in total. The summed E-state index contributed by atoms with van der Waals surface area (Å²) in [4.78, 5) is 26.8. The summed E-state index contributed by atoms with van der Waals surface area (Å²) in [6.07, 6.45) is 4.16. The van der Waals surface area contributed by atoms with E-state index in [-0.39, 0.29) is 18.3 Å². The first kappa shape index (κ1) is 26.5. The summed E-state index contributed by atoms with van der Waals surface area (Å²) in [5.74, 6) is 0.606. The zero-order valence-electron chi connectivity index (χ0n) is 20.9. The van der Waals surface area contributed by atoms with Gasteiger partial charge in [-0.1, -0.05) is 53.7 Å². The molecule has 38 heavy (non-hydrogen) atoms. The highest BCUT2D eigenvalue weighted by atomic mass is 35.5. The molecule has 1 aliphatic rings. The number of ether oxygens (including phenoxy) is 1. The molecular formula is C28H27ClN4O3S2. The normalized spacial score (nSPS) is 12.7. The average Bonchev–Trinajstić information content (AvgIpc) is 3.50. The Kier molecular flexibility index (Phi) is 8.46. The molecule has 4 aromatic rings. The van der Waals surface area contributed by atoms with E-state index in [1.165, 1.54) is 28.0 Å². The fourth-order valence-electron chi connectivity index (χ4n) is 4.49. The Bertz CT molecular complexity index is 1450. The van der Waals surface area contributed by atoms with E-state index in [0.29, 0.717) is 38.9 Å². The van der Waals surface area contributed by atoms with Crippen molar-refractivity contribution >= 4 is 51.6 Å². The van der Waals surface area contributed by atoms with Crippen molar-refractivity contribution in [3.8, 4) is 17.1 Å². The van der Waals surface area contributed by atoms with Crippen LogP contribution in [0.2, 0.25) is 5.02 Å².